The third-order valence-corrected chi connectivity index (χ3v) is 10.2. The van der Waals surface area contributed by atoms with Crippen molar-refractivity contribution in [2.45, 2.75) is 19.3 Å². The van der Waals surface area contributed by atoms with Crippen molar-refractivity contribution in [2.75, 3.05) is 0 Å². The first-order valence-corrected chi connectivity index (χ1v) is 17.2. The van der Waals surface area contributed by atoms with E-state index in [9.17, 15) is 0 Å². The minimum absolute atomic E-state index is 0.220. The fraction of sp³-hybridized carbons (Fsp3) is 0.0638. The summed E-state index contributed by atoms with van der Waals surface area (Å²) in [6, 6.07) is 54.7. The molecule has 0 radical (unpaired) electrons. The Morgan fingerprint density at radius 1 is 0.451 bits per heavy atom. The molecule has 7 aromatic carbocycles. The van der Waals surface area contributed by atoms with Gasteiger partial charge in [0.05, 0.1) is 6.57 Å². The van der Waals surface area contributed by atoms with Crippen LogP contribution in [0.1, 0.15) is 25.0 Å². The minimum Gasteiger partial charge on any atom is -0.238 e. The van der Waals surface area contributed by atoms with Crippen molar-refractivity contribution in [1.29, 1.82) is 0 Å². The predicted octanol–water partition coefficient (Wildman–Crippen LogP) is 12.2. The van der Waals surface area contributed by atoms with E-state index >= 15 is 0 Å². The van der Waals surface area contributed by atoms with E-state index in [1.54, 1.807) is 0 Å². The SMILES string of the molecule is [C-]#[N+]c1cccc2c1-c1ccc(-c3ccc4ccccc4c3-c3ccc(-c4nc(-c5ccccc5)nc(-c5ccccc5)n4)cc3)cc1C2(C)C. The predicted molar refractivity (Wildman–Crippen MR) is 208 cm³/mol. The molecule has 0 N–H and O–H groups in total. The van der Waals surface area contributed by atoms with Crippen LogP contribution in [0.5, 0.6) is 0 Å². The average molecular weight is 653 g/mol. The summed E-state index contributed by atoms with van der Waals surface area (Å²) in [6.45, 7) is 12.4. The van der Waals surface area contributed by atoms with Gasteiger partial charge in [0.15, 0.2) is 23.2 Å². The van der Waals surface area contributed by atoms with E-state index < -0.39 is 0 Å². The van der Waals surface area contributed by atoms with Gasteiger partial charge in [0.1, 0.15) is 0 Å². The smallest absolute Gasteiger partial charge is 0.195 e. The highest BCUT2D eigenvalue weighted by Crippen LogP contribution is 2.53. The lowest BCUT2D eigenvalue weighted by Gasteiger charge is -2.23. The fourth-order valence-electron chi connectivity index (χ4n) is 7.58. The summed E-state index contributed by atoms with van der Waals surface area (Å²) in [4.78, 5) is 18.7. The van der Waals surface area contributed by atoms with Crippen LogP contribution >= 0.6 is 0 Å². The second-order valence-corrected chi connectivity index (χ2v) is 13.5. The molecule has 0 atom stereocenters. The Morgan fingerprint density at radius 2 is 1.00 bits per heavy atom. The maximum atomic E-state index is 7.84. The largest absolute Gasteiger partial charge is 0.238 e. The van der Waals surface area contributed by atoms with Crippen molar-refractivity contribution in [1.82, 2.24) is 15.0 Å². The summed E-state index contributed by atoms with van der Waals surface area (Å²) in [7, 11) is 0. The van der Waals surface area contributed by atoms with E-state index in [1.807, 2.05) is 72.8 Å². The average Bonchev–Trinajstić information content (AvgIpc) is 3.43. The zero-order chi connectivity index (χ0) is 34.5. The lowest BCUT2D eigenvalue weighted by molar-refractivity contribution is 0.661. The summed E-state index contributed by atoms with van der Waals surface area (Å²) >= 11 is 0. The van der Waals surface area contributed by atoms with Crippen LogP contribution in [0.15, 0.2) is 158 Å². The molecule has 0 bridgehead atoms. The third kappa shape index (κ3) is 5.10. The zero-order valence-corrected chi connectivity index (χ0v) is 28.3. The molecule has 1 aliphatic carbocycles. The van der Waals surface area contributed by atoms with E-state index in [1.165, 1.54) is 33.0 Å². The van der Waals surface area contributed by atoms with E-state index in [4.69, 9.17) is 21.5 Å². The first-order valence-electron chi connectivity index (χ1n) is 17.2. The van der Waals surface area contributed by atoms with Gasteiger partial charge in [0.2, 0.25) is 0 Å². The molecule has 51 heavy (non-hydrogen) atoms. The minimum atomic E-state index is -0.220. The Labute approximate surface area is 297 Å². The second-order valence-electron chi connectivity index (χ2n) is 13.5. The highest BCUT2D eigenvalue weighted by Gasteiger charge is 2.37. The van der Waals surface area contributed by atoms with Gasteiger partial charge in [-0.05, 0) is 61.3 Å². The maximum Gasteiger partial charge on any atom is 0.195 e. The molecule has 0 amide bonds. The highest BCUT2D eigenvalue weighted by molar-refractivity contribution is 6.05. The Morgan fingerprint density at radius 3 is 1.65 bits per heavy atom. The number of nitrogens with zero attached hydrogens (tertiary/aromatic N) is 4. The molecule has 0 aliphatic heterocycles. The third-order valence-electron chi connectivity index (χ3n) is 10.2. The molecule has 4 heteroatoms. The lowest BCUT2D eigenvalue weighted by atomic mass is 9.81. The number of aromatic nitrogens is 3. The van der Waals surface area contributed by atoms with Gasteiger partial charge in [0, 0.05) is 22.1 Å². The molecule has 0 fully saturated rings. The Bertz CT molecular complexity index is 2600. The quantitative estimate of drug-likeness (QED) is 0.174. The Balaban J connectivity index is 1.18. The second kappa shape index (κ2) is 12.0. The number of fused-ring (bicyclic) bond motifs is 4. The van der Waals surface area contributed by atoms with Gasteiger partial charge in [-0.25, -0.2) is 19.8 Å². The van der Waals surface area contributed by atoms with E-state index in [0.717, 1.165) is 38.9 Å². The molecule has 1 aliphatic rings. The van der Waals surface area contributed by atoms with Crippen LogP contribution in [0.25, 0.3) is 83.2 Å². The van der Waals surface area contributed by atoms with Gasteiger partial charge in [-0.3, -0.25) is 0 Å². The van der Waals surface area contributed by atoms with Crippen LogP contribution in [0.4, 0.5) is 5.69 Å². The van der Waals surface area contributed by atoms with Crippen LogP contribution in [0.2, 0.25) is 0 Å². The molecule has 4 nitrogen and oxygen atoms in total. The maximum absolute atomic E-state index is 7.84. The molecular weight excluding hydrogens is 621 g/mol. The molecular formula is C47H32N4. The van der Waals surface area contributed by atoms with Crippen LogP contribution < -0.4 is 0 Å². The molecule has 1 aromatic heterocycles. The van der Waals surface area contributed by atoms with Crippen molar-refractivity contribution in [3.05, 3.63) is 180 Å². The van der Waals surface area contributed by atoms with Gasteiger partial charge in [-0.1, -0.05) is 166 Å². The van der Waals surface area contributed by atoms with Crippen molar-refractivity contribution in [2.24, 2.45) is 0 Å². The molecule has 240 valence electrons. The van der Waals surface area contributed by atoms with Gasteiger partial charge in [-0.15, -0.1) is 0 Å². The monoisotopic (exact) mass is 652 g/mol. The zero-order valence-electron chi connectivity index (χ0n) is 28.3. The summed E-state index contributed by atoms with van der Waals surface area (Å²) in [5, 5.41) is 2.38. The molecule has 0 saturated heterocycles. The van der Waals surface area contributed by atoms with Crippen molar-refractivity contribution in [3.8, 4) is 67.5 Å². The molecule has 0 unspecified atom stereocenters. The first kappa shape index (κ1) is 30.4. The van der Waals surface area contributed by atoms with Crippen LogP contribution in [0, 0.1) is 6.57 Å². The van der Waals surface area contributed by atoms with Crippen molar-refractivity contribution >= 4 is 16.5 Å². The molecule has 0 spiro atoms. The summed E-state index contributed by atoms with van der Waals surface area (Å²) in [6.07, 6.45) is 0. The van der Waals surface area contributed by atoms with E-state index in [2.05, 4.69) is 104 Å². The van der Waals surface area contributed by atoms with Gasteiger partial charge >= 0.3 is 0 Å². The van der Waals surface area contributed by atoms with Gasteiger partial charge < -0.3 is 0 Å². The van der Waals surface area contributed by atoms with E-state index in [-0.39, 0.29) is 5.41 Å². The Hall–Kier alpha value is -6.70. The number of benzene rings is 7. The van der Waals surface area contributed by atoms with Crippen LogP contribution in [-0.4, -0.2) is 15.0 Å². The fourth-order valence-corrected chi connectivity index (χ4v) is 7.58. The van der Waals surface area contributed by atoms with Crippen molar-refractivity contribution < 1.29 is 0 Å². The number of hydrogen-bond acceptors (Lipinski definition) is 3. The molecule has 1 heterocycles. The summed E-state index contributed by atoms with van der Waals surface area (Å²) in [5.41, 5.74) is 12.6. The van der Waals surface area contributed by atoms with Crippen LogP contribution in [-0.2, 0) is 5.41 Å². The number of rotatable bonds is 5. The topological polar surface area (TPSA) is 43.0 Å². The van der Waals surface area contributed by atoms with Gasteiger partial charge in [0.25, 0.3) is 0 Å². The Kier molecular flexibility index (Phi) is 7.15. The van der Waals surface area contributed by atoms with Gasteiger partial charge in [-0.2, -0.15) is 0 Å². The van der Waals surface area contributed by atoms with E-state index in [0.29, 0.717) is 23.2 Å². The summed E-state index contributed by atoms with van der Waals surface area (Å²) in [5.74, 6) is 1.92. The normalized spacial score (nSPS) is 12.6. The summed E-state index contributed by atoms with van der Waals surface area (Å²) < 4.78 is 0. The molecule has 0 saturated carbocycles. The molecule has 9 rings (SSSR count). The van der Waals surface area contributed by atoms with Crippen molar-refractivity contribution in [3.63, 3.8) is 0 Å². The highest BCUT2D eigenvalue weighted by atomic mass is 15.0. The molecule has 8 aromatic rings. The lowest BCUT2D eigenvalue weighted by Crippen LogP contribution is -2.14. The van der Waals surface area contributed by atoms with Crippen LogP contribution in [0.3, 0.4) is 0 Å². The number of hydrogen-bond donors (Lipinski definition) is 0. The standard InChI is InChI=1S/C47H32N4/c1-47(2)39-19-12-20-41(48-3)43(39)38-28-26-35(29-40(38)47)37-27-25-30-13-10-11-18-36(30)42(37)31-21-23-34(24-22-31)46-50-44(32-14-6-4-7-15-32)49-45(51-46)33-16-8-5-9-17-33/h4-29H,1-2H3. The first-order chi connectivity index (χ1) is 25.0.